The highest BCUT2D eigenvalue weighted by atomic mass is 16.5. The zero-order valence-corrected chi connectivity index (χ0v) is 14.9. The minimum atomic E-state index is -0.184. The summed E-state index contributed by atoms with van der Waals surface area (Å²) in [5.74, 6) is 1.99. The largest absolute Gasteiger partial charge is 0.494 e. The molecule has 1 spiro atoms. The third kappa shape index (κ3) is 3.53. The first-order valence-corrected chi connectivity index (χ1v) is 9.44. The van der Waals surface area contributed by atoms with Gasteiger partial charge in [-0.25, -0.2) is 0 Å². The van der Waals surface area contributed by atoms with Gasteiger partial charge in [0, 0.05) is 24.7 Å². The summed E-state index contributed by atoms with van der Waals surface area (Å²) in [5, 5.41) is 0. The van der Waals surface area contributed by atoms with E-state index in [1.165, 1.54) is 12.8 Å². The maximum atomic E-state index is 12.7. The second-order valence-electron chi connectivity index (χ2n) is 7.50. The molecular weight excluding hydrogens is 318 g/mol. The Balaban J connectivity index is 1.33. The maximum absolute atomic E-state index is 12.7. The molecule has 3 fully saturated rings. The van der Waals surface area contributed by atoms with Crippen LogP contribution < -0.4 is 4.74 Å². The number of carbonyl (C=O) groups excluding carboxylic acids is 1. The molecule has 0 aromatic heterocycles. The van der Waals surface area contributed by atoms with Crippen LogP contribution >= 0.6 is 0 Å². The SMILES string of the molecule is CCOc1cccc(C(=O)N2CC3(C2)OCC[C@@H]3COCC2CC2)c1. The van der Waals surface area contributed by atoms with Crippen molar-refractivity contribution in [3.05, 3.63) is 29.8 Å². The third-order valence-corrected chi connectivity index (χ3v) is 5.57. The Morgan fingerprint density at radius 3 is 2.88 bits per heavy atom. The second kappa shape index (κ2) is 6.96. The lowest BCUT2D eigenvalue weighted by atomic mass is 9.81. The fourth-order valence-corrected chi connectivity index (χ4v) is 3.84. The first kappa shape index (κ1) is 16.9. The van der Waals surface area contributed by atoms with Crippen molar-refractivity contribution in [3.63, 3.8) is 0 Å². The van der Waals surface area contributed by atoms with Crippen molar-refractivity contribution in [1.82, 2.24) is 4.90 Å². The van der Waals surface area contributed by atoms with Gasteiger partial charge in [-0.05, 0) is 50.3 Å². The molecule has 25 heavy (non-hydrogen) atoms. The van der Waals surface area contributed by atoms with Crippen LogP contribution in [0.1, 0.15) is 36.5 Å². The van der Waals surface area contributed by atoms with Gasteiger partial charge in [0.2, 0.25) is 0 Å². The molecule has 0 unspecified atom stereocenters. The van der Waals surface area contributed by atoms with Crippen molar-refractivity contribution in [2.45, 2.75) is 31.8 Å². The molecule has 1 aliphatic carbocycles. The van der Waals surface area contributed by atoms with E-state index in [-0.39, 0.29) is 11.5 Å². The topological polar surface area (TPSA) is 48.0 Å². The van der Waals surface area contributed by atoms with Crippen LogP contribution in [0.25, 0.3) is 0 Å². The fourth-order valence-electron chi connectivity index (χ4n) is 3.84. The highest BCUT2D eigenvalue weighted by Gasteiger charge is 2.54. The highest BCUT2D eigenvalue weighted by Crippen LogP contribution is 2.41. The van der Waals surface area contributed by atoms with Crippen LogP contribution in [0.15, 0.2) is 24.3 Å². The monoisotopic (exact) mass is 345 g/mol. The van der Waals surface area contributed by atoms with Crippen molar-refractivity contribution in [2.75, 3.05) is 39.5 Å². The van der Waals surface area contributed by atoms with Gasteiger partial charge in [0.1, 0.15) is 11.4 Å². The van der Waals surface area contributed by atoms with Gasteiger partial charge in [0.15, 0.2) is 0 Å². The van der Waals surface area contributed by atoms with Gasteiger partial charge in [-0.3, -0.25) is 4.79 Å². The van der Waals surface area contributed by atoms with Crippen LogP contribution in [0.3, 0.4) is 0 Å². The minimum Gasteiger partial charge on any atom is -0.494 e. The van der Waals surface area contributed by atoms with Crippen LogP contribution in [-0.2, 0) is 9.47 Å². The molecular formula is C20H27NO4. The van der Waals surface area contributed by atoms with Crippen molar-refractivity contribution in [2.24, 2.45) is 11.8 Å². The van der Waals surface area contributed by atoms with Gasteiger partial charge >= 0.3 is 0 Å². The van der Waals surface area contributed by atoms with Crippen LogP contribution in [0, 0.1) is 11.8 Å². The highest BCUT2D eigenvalue weighted by molar-refractivity contribution is 5.95. The second-order valence-corrected chi connectivity index (χ2v) is 7.50. The first-order chi connectivity index (χ1) is 12.2. The predicted octanol–water partition coefficient (Wildman–Crippen LogP) is 2.74. The summed E-state index contributed by atoms with van der Waals surface area (Å²) < 4.78 is 17.4. The van der Waals surface area contributed by atoms with E-state index in [1.54, 1.807) is 0 Å². The number of hydrogen-bond acceptors (Lipinski definition) is 4. The quantitative estimate of drug-likeness (QED) is 0.762. The van der Waals surface area contributed by atoms with Crippen molar-refractivity contribution in [1.29, 1.82) is 0 Å². The lowest BCUT2D eigenvalue weighted by molar-refractivity contribution is -0.128. The number of rotatable bonds is 7. The van der Waals surface area contributed by atoms with E-state index in [2.05, 4.69) is 0 Å². The average molecular weight is 345 g/mol. The molecule has 1 saturated carbocycles. The average Bonchev–Trinajstić information content (AvgIpc) is 3.31. The van der Waals surface area contributed by atoms with E-state index >= 15 is 0 Å². The normalized spacial score (nSPS) is 24.4. The molecule has 0 bridgehead atoms. The van der Waals surface area contributed by atoms with Crippen LogP contribution in [0.2, 0.25) is 0 Å². The van der Waals surface area contributed by atoms with Gasteiger partial charge in [-0.1, -0.05) is 6.07 Å². The van der Waals surface area contributed by atoms with Gasteiger partial charge < -0.3 is 19.1 Å². The summed E-state index contributed by atoms with van der Waals surface area (Å²) in [6, 6.07) is 7.42. The predicted molar refractivity (Wildman–Crippen MR) is 93.8 cm³/mol. The van der Waals surface area contributed by atoms with E-state index in [9.17, 15) is 4.79 Å². The summed E-state index contributed by atoms with van der Waals surface area (Å²) in [5.41, 5.74) is 0.497. The molecule has 5 heteroatoms. The zero-order valence-electron chi connectivity index (χ0n) is 14.9. The third-order valence-electron chi connectivity index (χ3n) is 5.57. The maximum Gasteiger partial charge on any atom is 0.254 e. The van der Waals surface area contributed by atoms with E-state index in [1.807, 2.05) is 36.1 Å². The van der Waals surface area contributed by atoms with Crippen LogP contribution in [-0.4, -0.2) is 55.9 Å². The Bertz CT molecular complexity index is 622. The van der Waals surface area contributed by atoms with Gasteiger partial charge in [0.05, 0.1) is 26.3 Å². The Hall–Kier alpha value is -1.59. The first-order valence-electron chi connectivity index (χ1n) is 9.44. The molecule has 1 aromatic rings. The number of hydrogen-bond donors (Lipinski definition) is 0. The number of likely N-dealkylation sites (tertiary alicyclic amines) is 1. The molecule has 5 nitrogen and oxygen atoms in total. The van der Waals surface area contributed by atoms with Crippen LogP contribution in [0.5, 0.6) is 5.75 Å². The van der Waals surface area contributed by atoms with Crippen molar-refractivity contribution < 1.29 is 19.0 Å². The molecule has 1 atom stereocenters. The van der Waals surface area contributed by atoms with Gasteiger partial charge in [-0.2, -0.15) is 0 Å². The molecule has 2 saturated heterocycles. The van der Waals surface area contributed by atoms with E-state index in [0.29, 0.717) is 31.2 Å². The zero-order chi connectivity index (χ0) is 17.3. The molecule has 0 radical (unpaired) electrons. The molecule has 2 heterocycles. The Labute approximate surface area is 149 Å². The number of nitrogens with zero attached hydrogens (tertiary/aromatic N) is 1. The molecule has 136 valence electrons. The Morgan fingerprint density at radius 2 is 2.12 bits per heavy atom. The minimum absolute atomic E-state index is 0.0559. The molecule has 2 aliphatic heterocycles. The summed E-state index contributed by atoms with van der Waals surface area (Å²) in [7, 11) is 0. The summed E-state index contributed by atoms with van der Waals surface area (Å²) in [6.45, 7) is 6.30. The van der Waals surface area contributed by atoms with Crippen molar-refractivity contribution >= 4 is 5.91 Å². The molecule has 1 amide bonds. The molecule has 0 N–H and O–H groups in total. The molecule has 3 aliphatic rings. The van der Waals surface area contributed by atoms with Crippen LogP contribution in [0.4, 0.5) is 0 Å². The summed E-state index contributed by atoms with van der Waals surface area (Å²) >= 11 is 0. The standard InChI is InChI=1S/C20H27NO4/c1-2-24-18-5-3-4-16(10-18)19(22)21-13-20(14-21)17(8-9-25-20)12-23-11-15-6-7-15/h3-5,10,15,17H,2,6-9,11-14H2,1H3/t17-/m1/s1. The number of benzene rings is 1. The van der Waals surface area contributed by atoms with Gasteiger partial charge in [0.25, 0.3) is 5.91 Å². The number of carbonyl (C=O) groups is 1. The summed E-state index contributed by atoms with van der Waals surface area (Å²) in [6.07, 6.45) is 3.66. The van der Waals surface area contributed by atoms with E-state index in [4.69, 9.17) is 14.2 Å². The van der Waals surface area contributed by atoms with E-state index < -0.39 is 0 Å². The van der Waals surface area contributed by atoms with Gasteiger partial charge in [-0.15, -0.1) is 0 Å². The number of ether oxygens (including phenoxy) is 3. The molecule has 4 rings (SSSR count). The fraction of sp³-hybridized carbons (Fsp3) is 0.650. The Kier molecular flexibility index (Phi) is 4.69. The lowest BCUT2D eigenvalue weighted by Gasteiger charge is -2.50. The molecule has 1 aromatic carbocycles. The number of amides is 1. The lowest BCUT2D eigenvalue weighted by Crippen LogP contribution is -2.66. The smallest absolute Gasteiger partial charge is 0.254 e. The Morgan fingerprint density at radius 1 is 1.28 bits per heavy atom. The van der Waals surface area contributed by atoms with Crippen molar-refractivity contribution in [3.8, 4) is 5.75 Å². The van der Waals surface area contributed by atoms with E-state index in [0.717, 1.165) is 37.9 Å². The summed E-state index contributed by atoms with van der Waals surface area (Å²) in [4.78, 5) is 14.6.